The Bertz CT molecular complexity index is 353. The fourth-order valence-corrected chi connectivity index (χ4v) is 2.70. The Morgan fingerprint density at radius 1 is 1.00 bits per heavy atom. The van der Waals surface area contributed by atoms with Crippen LogP contribution in [0.1, 0.15) is 65.7 Å². The van der Waals surface area contributed by atoms with Crippen LogP contribution in [-0.2, 0) is 9.59 Å². The van der Waals surface area contributed by atoms with E-state index >= 15 is 0 Å². The molecule has 6 heteroatoms. The summed E-state index contributed by atoms with van der Waals surface area (Å²) >= 11 is 0. The molecule has 0 saturated heterocycles. The summed E-state index contributed by atoms with van der Waals surface area (Å²) in [6.45, 7) is 7.98. The predicted octanol–water partition coefficient (Wildman–Crippen LogP) is 0.433. The normalized spacial score (nSPS) is 14.3. The van der Waals surface area contributed by atoms with Gasteiger partial charge in [0.2, 0.25) is 5.91 Å². The molecule has 0 aromatic heterocycles. The summed E-state index contributed by atoms with van der Waals surface area (Å²) in [7, 11) is 0. The maximum Gasteiger partial charge on any atom is 0.326 e. The summed E-state index contributed by atoms with van der Waals surface area (Å²) in [5.41, 5.74) is 7.63. The van der Waals surface area contributed by atoms with Gasteiger partial charge in [0.25, 0.3) is 0 Å². The number of carbonyl (C=O) groups is 2. The zero-order chi connectivity index (χ0) is 17.9. The molecule has 0 aromatic rings. The van der Waals surface area contributed by atoms with Crippen molar-refractivity contribution < 1.29 is 26.2 Å². The molecule has 0 fully saturated rings. The average molecular weight is 332 g/mol. The first-order valence-electron chi connectivity index (χ1n) is 8.83. The molecule has 0 aliphatic carbocycles. The third-order valence-corrected chi connectivity index (χ3v) is 3.89. The van der Waals surface area contributed by atoms with E-state index in [4.69, 9.17) is 0 Å². The van der Waals surface area contributed by atoms with Crippen LogP contribution in [0.2, 0.25) is 0 Å². The van der Waals surface area contributed by atoms with Crippen molar-refractivity contribution in [2.45, 2.75) is 71.8 Å². The zero-order valence-electron chi connectivity index (χ0n) is 15.2. The van der Waals surface area contributed by atoms with Crippen molar-refractivity contribution in [1.29, 1.82) is 0 Å². The Hall–Kier alpha value is -1.14. The first kappa shape index (κ1) is 21.9. The highest BCUT2D eigenvalue weighted by Gasteiger charge is 2.28. The van der Waals surface area contributed by atoms with Gasteiger partial charge in [0.15, 0.2) is 0 Å². The molecule has 0 aliphatic heterocycles. The van der Waals surface area contributed by atoms with Crippen molar-refractivity contribution in [2.24, 2.45) is 11.3 Å². The summed E-state index contributed by atoms with van der Waals surface area (Å²) in [5, 5.41) is 12.1. The summed E-state index contributed by atoms with van der Waals surface area (Å²) in [4.78, 5) is 23.9. The van der Waals surface area contributed by atoms with Crippen molar-refractivity contribution in [3.8, 4) is 0 Å². The van der Waals surface area contributed by atoms with Crippen molar-refractivity contribution in [3.05, 3.63) is 0 Å². The number of carboxylic acids is 1. The van der Waals surface area contributed by atoms with E-state index in [2.05, 4.69) is 37.6 Å². The van der Waals surface area contributed by atoms with Gasteiger partial charge in [-0.3, -0.25) is 4.79 Å². The Kier molecular flexibility index (Phi) is 10.8. The highest BCUT2D eigenvalue weighted by atomic mass is 16.4. The van der Waals surface area contributed by atoms with Gasteiger partial charge in [-0.1, -0.05) is 20.8 Å². The lowest BCUT2D eigenvalue weighted by atomic mass is 9.82. The van der Waals surface area contributed by atoms with Crippen molar-refractivity contribution in [1.82, 2.24) is 5.32 Å². The SMILES string of the molecule is CC(C)(C)C[C@H](CCCC[NH3+])C(=O)N[C@H](CCCC[NH3+])C(=O)O. The van der Waals surface area contributed by atoms with Crippen molar-refractivity contribution in [3.63, 3.8) is 0 Å². The second-order valence-electron chi connectivity index (χ2n) is 7.56. The van der Waals surface area contributed by atoms with Gasteiger partial charge < -0.3 is 21.9 Å². The first-order chi connectivity index (χ1) is 10.7. The number of nitrogens with one attached hydrogen (secondary N) is 1. The van der Waals surface area contributed by atoms with E-state index < -0.39 is 12.0 Å². The van der Waals surface area contributed by atoms with E-state index in [1.165, 1.54) is 0 Å². The zero-order valence-corrected chi connectivity index (χ0v) is 15.2. The van der Waals surface area contributed by atoms with Gasteiger partial charge in [-0.15, -0.1) is 0 Å². The maximum absolute atomic E-state index is 12.6. The van der Waals surface area contributed by atoms with Crippen molar-refractivity contribution >= 4 is 11.9 Å². The number of amides is 1. The van der Waals surface area contributed by atoms with Crippen LogP contribution in [0, 0.1) is 11.3 Å². The van der Waals surface area contributed by atoms with Gasteiger partial charge in [0.1, 0.15) is 6.04 Å². The molecule has 0 heterocycles. The number of aliphatic carboxylic acids is 1. The average Bonchev–Trinajstić information content (AvgIpc) is 2.44. The summed E-state index contributed by atoms with van der Waals surface area (Å²) in [5.74, 6) is -1.20. The van der Waals surface area contributed by atoms with Crippen LogP contribution >= 0.6 is 0 Å². The van der Waals surface area contributed by atoms with Crippen LogP contribution in [0.25, 0.3) is 0 Å². The van der Waals surface area contributed by atoms with E-state index in [1.807, 2.05) is 0 Å². The number of quaternary nitrogens is 2. The quantitative estimate of drug-likeness (QED) is 0.388. The molecule has 0 radical (unpaired) electrons. The maximum atomic E-state index is 12.6. The molecule has 1 amide bonds. The number of unbranched alkanes of at least 4 members (excludes halogenated alkanes) is 2. The largest absolute Gasteiger partial charge is 0.480 e. The molecule has 136 valence electrons. The monoisotopic (exact) mass is 331 g/mol. The minimum absolute atomic E-state index is 0.0407. The van der Waals surface area contributed by atoms with Gasteiger partial charge in [-0.05, 0) is 50.4 Å². The van der Waals surface area contributed by atoms with Gasteiger partial charge in [0, 0.05) is 5.92 Å². The highest BCUT2D eigenvalue weighted by Crippen LogP contribution is 2.27. The Balaban J connectivity index is 4.71. The number of rotatable bonds is 12. The summed E-state index contributed by atoms with van der Waals surface area (Å²) in [6, 6.07) is -0.788. The van der Waals surface area contributed by atoms with Crippen LogP contribution in [0.3, 0.4) is 0 Å². The molecule has 0 spiro atoms. The molecule has 23 heavy (non-hydrogen) atoms. The molecular weight excluding hydrogens is 294 g/mol. The van der Waals surface area contributed by atoms with Gasteiger partial charge in [-0.25, -0.2) is 4.79 Å². The third kappa shape index (κ3) is 11.1. The third-order valence-electron chi connectivity index (χ3n) is 3.89. The molecular formula is C17H37N3O3+2. The standard InChI is InChI=1S/C17H35N3O3/c1-17(2,3)12-13(8-4-6-10-18)15(21)20-14(16(22)23)9-5-7-11-19/h13-14H,4-12,18-19H2,1-3H3,(H,20,21)(H,22,23)/p+2/t13-,14+/m0/s1. The molecule has 8 N–H and O–H groups in total. The first-order valence-corrected chi connectivity index (χ1v) is 8.83. The molecule has 6 nitrogen and oxygen atoms in total. The summed E-state index contributed by atoms with van der Waals surface area (Å²) < 4.78 is 0. The molecule has 0 aromatic carbocycles. The molecule has 0 rings (SSSR count). The minimum atomic E-state index is -0.949. The number of carboxylic acid groups (broad SMARTS) is 1. The van der Waals surface area contributed by atoms with Crippen LogP contribution in [0.4, 0.5) is 0 Å². The fraction of sp³-hybridized carbons (Fsp3) is 0.882. The topological polar surface area (TPSA) is 122 Å². The van der Waals surface area contributed by atoms with E-state index in [0.717, 1.165) is 51.6 Å². The second kappa shape index (κ2) is 11.4. The van der Waals surface area contributed by atoms with Gasteiger partial charge in [0.05, 0.1) is 13.1 Å². The van der Waals surface area contributed by atoms with Crippen LogP contribution in [0.5, 0.6) is 0 Å². The minimum Gasteiger partial charge on any atom is -0.480 e. The molecule has 2 atom stereocenters. The number of hydrogen-bond acceptors (Lipinski definition) is 2. The van der Waals surface area contributed by atoms with E-state index in [1.54, 1.807) is 0 Å². The Morgan fingerprint density at radius 3 is 1.96 bits per heavy atom. The van der Waals surface area contributed by atoms with Crippen molar-refractivity contribution in [2.75, 3.05) is 13.1 Å². The van der Waals surface area contributed by atoms with Crippen LogP contribution < -0.4 is 16.8 Å². The van der Waals surface area contributed by atoms with E-state index in [0.29, 0.717) is 6.42 Å². The molecule has 0 saturated carbocycles. The fourth-order valence-electron chi connectivity index (χ4n) is 2.70. The lowest BCUT2D eigenvalue weighted by Crippen LogP contribution is -2.50. The van der Waals surface area contributed by atoms with Crippen LogP contribution in [0.15, 0.2) is 0 Å². The smallest absolute Gasteiger partial charge is 0.326 e. The lowest BCUT2D eigenvalue weighted by Gasteiger charge is -2.26. The second-order valence-corrected chi connectivity index (χ2v) is 7.56. The summed E-state index contributed by atoms with van der Waals surface area (Å²) in [6.07, 6.45) is 5.64. The van der Waals surface area contributed by atoms with Gasteiger partial charge in [-0.2, -0.15) is 0 Å². The molecule has 0 aliphatic rings. The highest BCUT2D eigenvalue weighted by molar-refractivity contribution is 5.84. The van der Waals surface area contributed by atoms with Crippen LogP contribution in [-0.4, -0.2) is 36.1 Å². The predicted molar refractivity (Wildman–Crippen MR) is 90.3 cm³/mol. The van der Waals surface area contributed by atoms with E-state index in [9.17, 15) is 14.7 Å². The van der Waals surface area contributed by atoms with E-state index in [-0.39, 0.29) is 17.2 Å². The number of carbonyl (C=O) groups excluding carboxylic acids is 1. The lowest BCUT2D eigenvalue weighted by molar-refractivity contribution is -0.369. The Labute approximate surface area is 140 Å². The number of hydrogen-bond donors (Lipinski definition) is 4. The Morgan fingerprint density at radius 2 is 1.52 bits per heavy atom. The molecule has 0 unspecified atom stereocenters. The van der Waals surface area contributed by atoms with Gasteiger partial charge >= 0.3 is 5.97 Å². The molecule has 0 bridgehead atoms.